The maximum absolute atomic E-state index is 9.06. The molecule has 0 bridgehead atoms. The highest BCUT2D eigenvalue weighted by molar-refractivity contribution is 5.35. The summed E-state index contributed by atoms with van der Waals surface area (Å²) in [5.74, 6) is 0.927. The van der Waals surface area contributed by atoms with Gasteiger partial charge in [0.2, 0.25) is 0 Å². The minimum Gasteiger partial charge on any atom is -0.496 e. The number of rotatable bonds is 8. The van der Waals surface area contributed by atoms with E-state index in [0.717, 1.165) is 25.0 Å². The van der Waals surface area contributed by atoms with Gasteiger partial charge in [0.05, 0.1) is 7.11 Å². The molecule has 0 radical (unpaired) electrons. The molecule has 2 unspecified atom stereocenters. The number of aliphatic hydroxyl groups excluding tert-OH is 1. The average molecular weight is 251 g/mol. The normalized spacial score (nSPS) is 14.2. The fourth-order valence-corrected chi connectivity index (χ4v) is 2.23. The molecule has 0 aromatic heterocycles. The van der Waals surface area contributed by atoms with Crippen LogP contribution >= 0.6 is 0 Å². The van der Waals surface area contributed by atoms with Gasteiger partial charge >= 0.3 is 0 Å². The second kappa shape index (κ2) is 8.11. The van der Waals surface area contributed by atoms with Crippen molar-refractivity contribution in [1.82, 2.24) is 5.32 Å². The molecule has 0 amide bonds. The second-order valence-corrected chi connectivity index (χ2v) is 4.49. The molecular formula is C15H25NO2. The number of nitrogens with one attached hydrogen (secondary N) is 1. The Labute approximate surface area is 110 Å². The van der Waals surface area contributed by atoms with Crippen LogP contribution in [0.2, 0.25) is 0 Å². The zero-order chi connectivity index (χ0) is 13.4. The molecule has 0 aliphatic carbocycles. The van der Waals surface area contributed by atoms with Gasteiger partial charge in [-0.1, -0.05) is 32.0 Å². The predicted octanol–water partition coefficient (Wildman–Crippen LogP) is 2.90. The van der Waals surface area contributed by atoms with E-state index in [4.69, 9.17) is 9.84 Å². The number of benzene rings is 1. The zero-order valence-corrected chi connectivity index (χ0v) is 11.6. The quantitative estimate of drug-likeness (QED) is 0.746. The highest BCUT2D eigenvalue weighted by atomic mass is 16.5. The standard InChI is InChI=1S/C15H25NO2/c1-4-12(10-11-17)16-14(5-2)13-8-6-7-9-15(13)18-3/h6-9,12,14,16-17H,4-5,10-11H2,1-3H3. The van der Waals surface area contributed by atoms with E-state index in [1.165, 1.54) is 5.56 Å². The monoisotopic (exact) mass is 251 g/mol. The molecule has 18 heavy (non-hydrogen) atoms. The minimum absolute atomic E-state index is 0.230. The maximum atomic E-state index is 9.06. The van der Waals surface area contributed by atoms with Crippen LogP contribution in [-0.2, 0) is 0 Å². The van der Waals surface area contributed by atoms with Crippen LogP contribution in [0.4, 0.5) is 0 Å². The third-order valence-corrected chi connectivity index (χ3v) is 3.33. The summed E-state index contributed by atoms with van der Waals surface area (Å²) in [5.41, 5.74) is 1.19. The van der Waals surface area contributed by atoms with Crippen molar-refractivity contribution in [2.24, 2.45) is 0 Å². The number of aliphatic hydroxyl groups is 1. The highest BCUT2D eigenvalue weighted by Crippen LogP contribution is 2.27. The van der Waals surface area contributed by atoms with Gasteiger partial charge in [-0.25, -0.2) is 0 Å². The molecule has 2 atom stereocenters. The Morgan fingerprint density at radius 3 is 2.50 bits per heavy atom. The summed E-state index contributed by atoms with van der Waals surface area (Å²) >= 11 is 0. The van der Waals surface area contributed by atoms with Gasteiger partial charge in [0.1, 0.15) is 5.75 Å². The van der Waals surface area contributed by atoms with Gasteiger partial charge in [-0.15, -0.1) is 0 Å². The van der Waals surface area contributed by atoms with E-state index < -0.39 is 0 Å². The highest BCUT2D eigenvalue weighted by Gasteiger charge is 2.17. The molecule has 1 aromatic rings. The smallest absolute Gasteiger partial charge is 0.123 e. The summed E-state index contributed by atoms with van der Waals surface area (Å²) in [6, 6.07) is 8.75. The van der Waals surface area contributed by atoms with Gasteiger partial charge in [0, 0.05) is 24.3 Å². The number of hydrogen-bond donors (Lipinski definition) is 2. The van der Waals surface area contributed by atoms with Crippen molar-refractivity contribution in [3.63, 3.8) is 0 Å². The third kappa shape index (κ3) is 4.00. The van der Waals surface area contributed by atoms with Gasteiger partial charge < -0.3 is 15.2 Å². The SMILES string of the molecule is CCC(CCO)NC(CC)c1ccccc1OC. The molecule has 0 spiro atoms. The molecule has 1 aromatic carbocycles. The van der Waals surface area contributed by atoms with Crippen LogP contribution in [0, 0.1) is 0 Å². The van der Waals surface area contributed by atoms with Crippen molar-refractivity contribution < 1.29 is 9.84 Å². The van der Waals surface area contributed by atoms with Crippen molar-refractivity contribution in [3.8, 4) is 5.75 Å². The van der Waals surface area contributed by atoms with E-state index in [0.29, 0.717) is 6.04 Å². The fraction of sp³-hybridized carbons (Fsp3) is 0.600. The topological polar surface area (TPSA) is 41.5 Å². The molecular weight excluding hydrogens is 226 g/mol. The van der Waals surface area contributed by atoms with Crippen LogP contribution in [0.1, 0.15) is 44.7 Å². The van der Waals surface area contributed by atoms with Crippen LogP contribution in [-0.4, -0.2) is 24.9 Å². The molecule has 0 saturated heterocycles. The van der Waals surface area contributed by atoms with Crippen molar-refractivity contribution in [2.75, 3.05) is 13.7 Å². The fourth-order valence-electron chi connectivity index (χ4n) is 2.23. The van der Waals surface area contributed by atoms with Crippen LogP contribution in [0.3, 0.4) is 0 Å². The summed E-state index contributed by atoms with van der Waals surface area (Å²) < 4.78 is 5.41. The average Bonchev–Trinajstić information content (AvgIpc) is 2.43. The molecule has 3 nitrogen and oxygen atoms in total. The summed E-state index contributed by atoms with van der Waals surface area (Å²) in [5, 5.41) is 12.7. The molecule has 2 N–H and O–H groups in total. The predicted molar refractivity (Wildman–Crippen MR) is 74.9 cm³/mol. The molecule has 0 aliphatic heterocycles. The molecule has 0 aliphatic rings. The van der Waals surface area contributed by atoms with Gasteiger partial charge in [-0.05, 0) is 25.3 Å². The third-order valence-electron chi connectivity index (χ3n) is 3.33. The van der Waals surface area contributed by atoms with Crippen LogP contribution < -0.4 is 10.1 Å². The molecule has 0 heterocycles. The van der Waals surface area contributed by atoms with Gasteiger partial charge in [-0.2, -0.15) is 0 Å². The molecule has 3 heteroatoms. The lowest BCUT2D eigenvalue weighted by molar-refractivity contribution is 0.253. The van der Waals surface area contributed by atoms with Crippen molar-refractivity contribution >= 4 is 0 Å². The van der Waals surface area contributed by atoms with Crippen LogP contribution in [0.5, 0.6) is 5.75 Å². The van der Waals surface area contributed by atoms with Crippen molar-refractivity contribution in [3.05, 3.63) is 29.8 Å². The Bertz CT molecular complexity index is 341. The lowest BCUT2D eigenvalue weighted by Gasteiger charge is -2.25. The molecule has 102 valence electrons. The van der Waals surface area contributed by atoms with E-state index in [-0.39, 0.29) is 12.6 Å². The summed E-state index contributed by atoms with van der Waals surface area (Å²) in [7, 11) is 1.70. The summed E-state index contributed by atoms with van der Waals surface area (Å²) in [4.78, 5) is 0. The summed E-state index contributed by atoms with van der Waals surface area (Å²) in [6.07, 6.45) is 2.82. The van der Waals surface area contributed by atoms with E-state index in [1.54, 1.807) is 7.11 Å². The Kier molecular flexibility index (Phi) is 6.76. The first-order chi connectivity index (χ1) is 8.76. The van der Waals surface area contributed by atoms with E-state index in [1.807, 2.05) is 18.2 Å². The number of hydrogen-bond acceptors (Lipinski definition) is 3. The first-order valence-corrected chi connectivity index (χ1v) is 6.76. The maximum Gasteiger partial charge on any atom is 0.123 e. The first-order valence-electron chi connectivity index (χ1n) is 6.76. The second-order valence-electron chi connectivity index (χ2n) is 4.49. The molecule has 1 rings (SSSR count). The largest absolute Gasteiger partial charge is 0.496 e. The Hall–Kier alpha value is -1.06. The number of methoxy groups -OCH3 is 1. The Morgan fingerprint density at radius 2 is 1.94 bits per heavy atom. The van der Waals surface area contributed by atoms with E-state index >= 15 is 0 Å². The van der Waals surface area contributed by atoms with Gasteiger partial charge in [-0.3, -0.25) is 0 Å². The van der Waals surface area contributed by atoms with Crippen LogP contribution in [0.25, 0.3) is 0 Å². The number of ether oxygens (including phenoxy) is 1. The van der Waals surface area contributed by atoms with Crippen LogP contribution in [0.15, 0.2) is 24.3 Å². The summed E-state index contributed by atoms with van der Waals surface area (Å²) in [6.45, 7) is 4.53. The van der Waals surface area contributed by atoms with Crippen molar-refractivity contribution in [1.29, 1.82) is 0 Å². The Balaban J connectivity index is 2.81. The van der Waals surface area contributed by atoms with E-state index in [2.05, 4.69) is 25.2 Å². The molecule has 0 saturated carbocycles. The lowest BCUT2D eigenvalue weighted by atomic mass is 10.0. The first kappa shape index (κ1) is 15.0. The van der Waals surface area contributed by atoms with Gasteiger partial charge in [0.25, 0.3) is 0 Å². The lowest BCUT2D eigenvalue weighted by Crippen LogP contribution is -2.33. The number of para-hydroxylation sites is 1. The van der Waals surface area contributed by atoms with Gasteiger partial charge in [0.15, 0.2) is 0 Å². The van der Waals surface area contributed by atoms with Crippen molar-refractivity contribution in [2.45, 2.75) is 45.2 Å². The minimum atomic E-state index is 0.230. The molecule has 0 fully saturated rings. The van der Waals surface area contributed by atoms with E-state index in [9.17, 15) is 0 Å². The zero-order valence-electron chi connectivity index (χ0n) is 11.6. The Morgan fingerprint density at radius 1 is 1.22 bits per heavy atom.